The standard InChI is InChI=1S/C11H15F2NO/c1-3-9(14)7(2)15-10-6-4-5-8(12)11(10)13/h4-7,9H,3,14H2,1-2H3. The van der Waals surface area contributed by atoms with E-state index < -0.39 is 11.6 Å². The van der Waals surface area contributed by atoms with Crippen LogP contribution in [0.3, 0.4) is 0 Å². The highest BCUT2D eigenvalue weighted by Gasteiger charge is 2.16. The van der Waals surface area contributed by atoms with Crippen LogP contribution < -0.4 is 10.5 Å². The number of halogens is 2. The van der Waals surface area contributed by atoms with Gasteiger partial charge in [0.25, 0.3) is 0 Å². The Morgan fingerprint density at radius 1 is 1.40 bits per heavy atom. The number of hydrogen-bond acceptors (Lipinski definition) is 2. The molecule has 15 heavy (non-hydrogen) atoms. The van der Waals surface area contributed by atoms with Crippen LogP contribution in [-0.2, 0) is 0 Å². The first kappa shape index (κ1) is 11.9. The SMILES string of the molecule is CCC(N)C(C)Oc1cccc(F)c1F. The zero-order chi connectivity index (χ0) is 11.4. The lowest BCUT2D eigenvalue weighted by molar-refractivity contribution is 0.177. The van der Waals surface area contributed by atoms with Gasteiger partial charge in [0.2, 0.25) is 5.82 Å². The molecule has 1 rings (SSSR count). The van der Waals surface area contributed by atoms with Gasteiger partial charge in [0.15, 0.2) is 11.6 Å². The molecule has 0 aliphatic carbocycles. The maximum absolute atomic E-state index is 13.2. The van der Waals surface area contributed by atoms with E-state index in [0.717, 1.165) is 12.5 Å². The molecule has 0 spiro atoms. The van der Waals surface area contributed by atoms with Gasteiger partial charge in [-0.1, -0.05) is 13.0 Å². The van der Waals surface area contributed by atoms with Gasteiger partial charge in [-0.3, -0.25) is 0 Å². The summed E-state index contributed by atoms with van der Waals surface area (Å²) < 4.78 is 31.3. The molecular formula is C11H15F2NO. The largest absolute Gasteiger partial charge is 0.486 e. The maximum atomic E-state index is 13.2. The highest BCUT2D eigenvalue weighted by Crippen LogP contribution is 2.21. The monoisotopic (exact) mass is 215 g/mol. The van der Waals surface area contributed by atoms with E-state index in [1.807, 2.05) is 6.92 Å². The first-order valence-corrected chi connectivity index (χ1v) is 4.92. The molecule has 0 aromatic heterocycles. The van der Waals surface area contributed by atoms with E-state index >= 15 is 0 Å². The van der Waals surface area contributed by atoms with Crippen LogP contribution in [0, 0.1) is 11.6 Å². The Morgan fingerprint density at radius 3 is 2.67 bits per heavy atom. The summed E-state index contributed by atoms with van der Waals surface area (Å²) in [7, 11) is 0. The molecule has 84 valence electrons. The lowest BCUT2D eigenvalue weighted by Crippen LogP contribution is -2.36. The predicted octanol–water partition coefficient (Wildman–Crippen LogP) is 2.47. The molecule has 1 aromatic rings. The summed E-state index contributed by atoms with van der Waals surface area (Å²) in [5.74, 6) is -1.97. The third kappa shape index (κ3) is 2.89. The average Bonchev–Trinajstić information content (AvgIpc) is 2.23. The van der Waals surface area contributed by atoms with Crippen LogP contribution in [0.1, 0.15) is 20.3 Å². The van der Waals surface area contributed by atoms with Gasteiger partial charge in [-0.25, -0.2) is 4.39 Å². The van der Waals surface area contributed by atoms with Crippen LogP contribution in [0.5, 0.6) is 5.75 Å². The second-order valence-corrected chi connectivity index (χ2v) is 3.45. The van der Waals surface area contributed by atoms with Crippen LogP contribution >= 0.6 is 0 Å². The van der Waals surface area contributed by atoms with E-state index in [0.29, 0.717) is 0 Å². The molecule has 0 amide bonds. The minimum Gasteiger partial charge on any atom is -0.486 e. The van der Waals surface area contributed by atoms with Crippen molar-refractivity contribution in [3.8, 4) is 5.75 Å². The molecule has 0 aliphatic rings. The van der Waals surface area contributed by atoms with E-state index in [9.17, 15) is 8.78 Å². The van der Waals surface area contributed by atoms with Crippen molar-refractivity contribution in [1.29, 1.82) is 0 Å². The number of ether oxygens (including phenoxy) is 1. The second kappa shape index (κ2) is 5.07. The Labute approximate surface area is 88.0 Å². The third-order valence-corrected chi connectivity index (χ3v) is 2.30. The van der Waals surface area contributed by atoms with Crippen molar-refractivity contribution in [2.75, 3.05) is 0 Å². The van der Waals surface area contributed by atoms with E-state index in [-0.39, 0.29) is 17.9 Å². The summed E-state index contributed by atoms with van der Waals surface area (Å²) in [4.78, 5) is 0. The first-order chi connectivity index (χ1) is 7.06. The summed E-state index contributed by atoms with van der Waals surface area (Å²) in [5, 5.41) is 0. The molecule has 0 aliphatic heterocycles. The molecule has 4 heteroatoms. The molecule has 0 heterocycles. The number of benzene rings is 1. The topological polar surface area (TPSA) is 35.2 Å². The summed E-state index contributed by atoms with van der Waals surface area (Å²) in [6, 6.07) is 3.65. The van der Waals surface area contributed by atoms with Gasteiger partial charge < -0.3 is 10.5 Å². The van der Waals surface area contributed by atoms with E-state index in [1.54, 1.807) is 6.92 Å². The Kier molecular flexibility index (Phi) is 4.03. The molecule has 0 saturated carbocycles. The van der Waals surface area contributed by atoms with Gasteiger partial charge in [-0.05, 0) is 25.5 Å². The number of rotatable bonds is 4. The summed E-state index contributed by atoms with van der Waals surface area (Å²) in [6.07, 6.45) is 0.379. The fraction of sp³-hybridized carbons (Fsp3) is 0.455. The molecular weight excluding hydrogens is 200 g/mol. The zero-order valence-corrected chi connectivity index (χ0v) is 8.84. The fourth-order valence-corrected chi connectivity index (χ4v) is 1.19. The van der Waals surface area contributed by atoms with Gasteiger partial charge in [-0.2, -0.15) is 4.39 Å². The van der Waals surface area contributed by atoms with Crippen LogP contribution in [-0.4, -0.2) is 12.1 Å². The van der Waals surface area contributed by atoms with Gasteiger partial charge in [0.1, 0.15) is 6.10 Å². The molecule has 0 saturated heterocycles. The van der Waals surface area contributed by atoms with Crippen molar-refractivity contribution in [3.63, 3.8) is 0 Å². The minimum atomic E-state index is -0.965. The Morgan fingerprint density at radius 2 is 2.07 bits per heavy atom. The van der Waals surface area contributed by atoms with E-state index in [2.05, 4.69) is 0 Å². The minimum absolute atomic E-state index is 0.0913. The maximum Gasteiger partial charge on any atom is 0.200 e. The summed E-state index contributed by atoms with van der Waals surface area (Å²) >= 11 is 0. The third-order valence-electron chi connectivity index (χ3n) is 2.30. The Hall–Kier alpha value is -1.16. The molecule has 2 nitrogen and oxygen atoms in total. The van der Waals surface area contributed by atoms with Crippen molar-refractivity contribution >= 4 is 0 Å². The molecule has 2 unspecified atom stereocenters. The smallest absolute Gasteiger partial charge is 0.200 e. The molecule has 0 bridgehead atoms. The van der Waals surface area contributed by atoms with Crippen LogP contribution in [0.25, 0.3) is 0 Å². The van der Waals surface area contributed by atoms with Gasteiger partial charge in [-0.15, -0.1) is 0 Å². The van der Waals surface area contributed by atoms with Crippen molar-refractivity contribution in [2.24, 2.45) is 5.73 Å². The second-order valence-electron chi connectivity index (χ2n) is 3.45. The lowest BCUT2D eigenvalue weighted by atomic mass is 10.1. The van der Waals surface area contributed by atoms with Crippen molar-refractivity contribution in [2.45, 2.75) is 32.4 Å². The van der Waals surface area contributed by atoms with Crippen LogP contribution in [0.2, 0.25) is 0 Å². The highest BCUT2D eigenvalue weighted by atomic mass is 19.2. The normalized spacial score (nSPS) is 14.7. The summed E-state index contributed by atoms with van der Waals surface area (Å²) in [5.41, 5.74) is 5.71. The van der Waals surface area contributed by atoms with Gasteiger partial charge >= 0.3 is 0 Å². The van der Waals surface area contributed by atoms with Crippen molar-refractivity contribution in [3.05, 3.63) is 29.8 Å². The van der Waals surface area contributed by atoms with E-state index in [1.165, 1.54) is 12.1 Å². The van der Waals surface area contributed by atoms with Crippen molar-refractivity contribution < 1.29 is 13.5 Å². The highest BCUT2D eigenvalue weighted by molar-refractivity contribution is 5.25. The zero-order valence-electron chi connectivity index (χ0n) is 8.84. The van der Waals surface area contributed by atoms with Crippen molar-refractivity contribution in [1.82, 2.24) is 0 Å². The average molecular weight is 215 g/mol. The number of hydrogen-bond donors (Lipinski definition) is 1. The van der Waals surface area contributed by atoms with Gasteiger partial charge in [0, 0.05) is 6.04 Å². The van der Waals surface area contributed by atoms with Gasteiger partial charge in [0.05, 0.1) is 0 Å². The summed E-state index contributed by atoms with van der Waals surface area (Å²) in [6.45, 7) is 3.64. The number of nitrogens with two attached hydrogens (primary N) is 1. The quantitative estimate of drug-likeness (QED) is 0.837. The molecule has 2 atom stereocenters. The predicted molar refractivity (Wildman–Crippen MR) is 54.7 cm³/mol. The Balaban J connectivity index is 2.76. The first-order valence-electron chi connectivity index (χ1n) is 4.92. The fourth-order valence-electron chi connectivity index (χ4n) is 1.19. The molecule has 2 N–H and O–H groups in total. The Bertz CT molecular complexity index is 330. The van der Waals surface area contributed by atoms with Crippen LogP contribution in [0.4, 0.5) is 8.78 Å². The molecule has 1 aromatic carbocycles. The van der Waals surface area contributed by atoms with Crippen LogP contribution in [0.15, 0.2) is 18.2 Å². The molecule has 0 radical (unpaired) electrons. The lowest BCUT2D eigenvalue weighted by Gasteiger charge is -2.20. The van der Waals surface area contributed by atoms with E-state index in [4.69, 9.17) is 10.5 Å². The molecule has 0 fully saturated rings.